The van der Waals surface area contributed by atoms with Crippen molar-refractivity contribution in [2.75, 3.05) is 26.2 Å². The van der Waals surface area contributed by atoms with E-state index in [1.807, 2.05) is 20.8 Å². The van der Waals surface area contributed by atoms with Crippen LogP contribution in [-0.2, 0) is 11.3 Å². The Morgan fingerprint density at radius 2 is 1.74 bits per heavy atom. The molecule has 27 heavy (non-hydrogen) atoms. The van der Waals surface area contributed by atoms with Crippen LogP contribution in [-0.4, -0.2) is 59.8 Å². The van der Waals surface area contributed by atoms with E-state index in [1.165, 1.54) is 24.8 Å². The lowest BCUT2D eigenvalue weighted by Gasteiger charge is -2.44. The summed E-state index contributed by atoms with van der Waals surface area (Å²) in [5.41, 5.74) is 0.935. The van der Waals surface area contributed by atoms with Crippen molar-refractivity contribution in [3.63, 3.8) is 0 Å². The Morgan fingerprint density at radius 3 is 2.41 bits per heavy atom. The molecule has 1 heterocycles. The summed E-state index contributed by atoms with van der Waals surface area (Å²) in [6, 6.07) is 11.3. The standard InChI is InChI=1S/C22H35N3O2/c1-22(2,3)27-21(26)23-19-11-7-8-12-20(19)25-15-13-24(14-16-25)17-18-9-5-4-6-10-18/h4-6,9-10,19-20H,7-8,11-17H2,1-3H3,(H,23,26)/t19-,20-/m0/s1. The van der Waals surface area contributed by atoms with Crippen molar-refractivity contribution in [3.05, 3.63) is 35.9 Å². The van der Waals surface area contributed by atoms with Gasteiger partial charge >= 0.3 is 6.09 Å². The number of benzene rings is 1. The van der Waals surface area contributed by atoms with Gasteiger partial charge in [0.1, 0.15) is 5.60 Å². The van der Waals surface area contributed by atoms with Gasteiger partial charge in [-0.3, -0.25) is 9.80 Å². The Labute approximate surface area is 164 Å². The average Bonchev–Trinajstić information content (AvgIpc) is 2.62. The molecule has 1 aliphatic carbocycles. The first-order valence-electron chi connectivity index (χ1n) is 10.4. The van der Waals surface area contributed by atoms with E-state index in [2.05, 4.69) is 45.4 Å². The van der Waals surface area contributed by atoms with Gasteiger partial charge in [-0.25, -0.2) is 4.79 Å². The number of amides is 1. The van der Waals surface area contributed by atoms with Crippen LogP contribution in [0.4, 0.5) is 4.79 Å². The highest BCUT2D eigenvalue weighted by Gasteiger charge is 2.33. The Balaban J connectivity index is 1.51. The first-order chi connectivity index (χ1) is 12.9. The largest absolute Gasteiger partial charge is 0.444 e. The molecule has 3 rings (SSSR count). The maximum Gasteiger partial charge on any atom is 0.407 e. The highest BCUT2D eigenvalue weighted by atomic mass is 16.6. The number of nitrogens with zero attached hydrogens (tertiary/aromatic N) is 2. The summed E-state index contributed by atoms with van der Waals surface area (Å²) < 4.78 is 5.48. The normalized spacial score (nSPS) is 25.1. The smallest absolute Gasteiger partial charge is 0.407 e. The van der Waals surface area contributed by atoms with Crippen LogP contribution >= 0.6 is 0 Å². The lowest BCUT2D eigenvalue weighted by atomic mass is 9.88. The molecule has 0 unspecified atom stereocenters. The molecule has 1 aromatic rings. The predicted molar refractivity (Wildman–Crippen MR) is 109 cm³/mol. The number of ether oxygens (including phenoxy) is 1. The fourth-order valence-electron chi connectivity index (χ4n) is 4.27. The highest BCUT2D eigenvalue weighted by Crippen LogP contribution is 2.25. The number of carbonyl (C=O) groups is 1. The van der Waals surface area contributed by atoms with Crippen molar-refractivity contribution < 1.29 is 9.53 Å². The Morgan fingerprint density at radius 1 is 1.07 bits per heavy atom. The first-order valence-corrected chi connectivity index (χ1v) is 10.4. The minimum absolute atomic E-state index is 0.203. The fraction of sp³-hybridized carbons (Fsp3) is 0.682. The minimum atomic E-state index is -0.447. The third-order valence-corrected chi connectivity index (χ3v) is 5.56. The van der Waals surface area contributed by atoms with E-state index in [9.17, 15) is 4.79 Å². The minimum Gasteiger partial charge on any atom is -0.444 e. The van der Waals surface area contributed by atoms with Gasteiger partial charge in [-0.05, 0) is 39.2 Å². The number of hydrogen-bond acceptors (Lipinski definition) is 4. The summed E-state index contributed by atoms with van der Waals surface area (Å²) in [5.74, 6) is 0. The molecule has 1 aromatic carbocycles. The lowest BCUT2D eigenvalue weighted by molar-refractivity contribution is 0.0334. The molecule has 2 fully saturated rings. The van der Waals surface area contributed by atoms with Gasteiger partial charge in [-0.15, -0.1) is 0 Å². The van der Waals surface area contributed by atoms with Crippen LogP contribution in [0.25, 0.3) is 0 Å². The van der Waals surface area contributed by atoms with Crippen LogP contribution in [0.1, 0.15) is 52.0 Å². The molecule has 1 amide bonds. The summed E-state index contributed by atoms with van der Waals surface area (Å²) in [5, 5.41) is 3.16. The molecule has 5 heteroatoms. The number of carbonyl (C=O) groups excluding carboxylic acids is 1. The Kier molecular flexibility index (Phi) is 6.77. The lowest BCUT2D eigenvalue weighted by Crippen LogP contribution is -2.58. The van der Waals surface area contributed by atoms with Gasteiger partial charge in [-0.1, -0.05) is 43.2 Å². The molecule has 2 aliphatic rings. The third-order valence-electron chi connectivity index (χ3n) is 5.56. The molecular formula is C22H35N3O2. The van der Waals surface area contributed by atoms with E-state index in [4.69, 9.17) is 4.74 Å². The zero-order valence-electron chi connectivity index (χ0n) is 17.1. The summed E-state index contributed by atoms with van der Waals surface area (Å²) in [6.07, 6.45) is 4.38. The molecule has 0 radical (unpaired) electrons. The number of piperazine rings is 1. The van der Waals surface area contributed by atoms with Crippen LogP contribution in [0.3, 0.4) is 0 Å². The number of nitrogens with one attached hydrogen (secondary N) is 1. The molecule has 1 saturated heterocycles. The van der Waals surface area contributed by atoms with Crippen LogP contribution in [0.2, 0.25) is 0 Å². The van der Waals surface area contributed by atoms with E-state index >= 15 is 0 Å². The van der Waals surface area contributed by atoms with Gasteiger partial charge in [0.2, 0.25) is 0 Å². The number of hydrogen-bond donors (Lipinski definition) is 1. The van der Waals surface area contributed by atoms with Crippen molar-refractivity contribution in [2.24, 2.45) is 0 Å². The van der Waals surface area contributed by atoms with E-state index < -0.39 is 5.60 Å². The van der Waals surface area contributed by atoms with Gasteiger partial charge < -0.3 is 10.1 Å². The van der Waals surface area contributed by atoms with E-state index in [0.29, 0.717) is 6.04 Å². The van der Waals surface area contributed by atoms with Gasteiger partial charge in [0.25, 0.3) is 0 Å². The van der Waals surface area contributed by atoms with Gasteiger partial charge in [0.05, 0.1) is 0 Å². The quantitative estimate of drug-likeness (QED) is 0.875. The topological polar surface area (TPSA) is 44.8 Å². The zero-order valence-corrected chi connectivity index (χ0v) is 17.1. The van der Waals surface area contributed by atoms with Crippen molar-refractivity contribution >= 4 is 6.09 Å². The van der Waals surface area contributed by atoms with Crippen molar-refractivity contribution in [1.29, 1.82) is 0 Å². The van der Waals surface area contributed by atoms with Gasteiger partial charge in [0.15, 0.2) is 0 Å². The zero-order chi connectivity index (χ0) is 19.3. The molecular weight excluding hydrogens is 338 g/mol. The van der Waals surface area contributed by atoms with E-state index in [1.54, 1.807) is 0 Å². The second-order valence-corrected chi connectivity index (χ2v) is 8.90. The fourth-order valence-corrected chi connectivity index (χ4v) is 4.27. The summed E-state index contributed by atoms with van der Waals surface area (Å²) in [4.78, 5) is 17.4. The highest BCUT2D eigenvalue weighted by molar-refractivity contribution is 5.68. The average molecular weight is 374 g/mol. The second kappa shape index (κ2) is 9.07. The van der Waals surface area contributed by atoms with Crippen molar-refractivity contribution in [1.82, 2.24) is 15.1 Å². The molecule has 1 N–H and O–H groups in total. The molecule has 5 nitrogen and oxygen atoms in total. The Bertz CT molecular complexity index is 591. The van der Waals surface area contributed by atoms with Gasteiger partial charge in [0, 0.05) is 44.8 Å². The molecule has 0 bridgehead atoms. The molecule has 0 spiro atoms. The maximum absolute atomic E-state index is 12.3. The van der Waals surface area contributed by atoms with Gasteiger partial charge in [-0.2, -0.15) is 0 Å². The monoisotopic (exact) mass is 373 g/mol. The molecule has 2 atom stereocenters. The third kappa shape index (κ3) is 6.22. The van der Waals surface area contributed by atoms with Crippen molar-refractivity contribution in [2.45, 2.75) is 70.7 Å². The summed E-state index contributed by atoms with van der Waals surface area (Å²) in [7, 11) is 0. The predicted octanol–water partition coefficient (Wildman–Crippen LogP) is 3.64. The summed E-state index contributed by atoms with van der Waals surface area (Å²) >= 11 is 0. The van der Waals surface area contributed by atoms with Crippen molar-refractivity contribution in [3.8, 4) is 0 Å². The summed E-state index contributed by atoms with van der Waals surface area (Å²) in [6.45, 7) is 11.1. The van der Waals surface area contributed by atoms with E-state index in [0.717, 1.165) is 39.1 Å². The molecule has 1 aliphatic heterocycles. The Hall–Kier alpha value is -1.59. The van der Waals surface area contributed by atoms with Crippen LogP contribution in [0, 0.1) is 0 Å². The number of alkyl carbamates (subject to hydrolysis) is 1. The van der Waals surface area contributed by atoms with Crippen LogP contribution in [0.5, 0.6) is 0 Å². The maximum atomic E-state index is 12.3. The number of rotatable bonds is 4. The molecule has 0 aromatic heterocycles. The van der Waals surface area contributed by atoms with Crippen LogP contribution < -0.4 is 5.32 Å². The molecule has 150 valence electrons. The molecule has 1 saturated carbocycles. The van der Waals surface area contributed by atoms with E-state index in [-0.39, 0.29) is 12.1 Å². The first kappa shape index (κ1) is 20.2. The second-order valence-electron chi connectivity index (χ2n) is 8.90. The SMILES string of the molecule is CC(C)(C)OC(=O)N[C@H]1CCCC[C@@H]1N1CCN(Cc2ccccc2)CC1. The van der Waals surface area contributed by atoms with Crippen LogP contribution in [0.15, 0.2) is 30.3 Å².